The number of aryl methyl sites for hydroxylation is 1. The molecule has 1 N–H and O–H groups in total. The van der Waals surface area contributed by atoms with E-state index in [4.69, 9.17) is 0 Å². The lowest BCUT2D eigenvalue weighted by atomic mass is 9.94. The number of anilines is 1. The maximum Gasteiger partial charge on any atom is 0.0381 e. The summed E-state index contributed by atoms with van der Waals surface area (Å²) in [4.78, 5) is 2.56. The van der Waals surface area contributed by atoms with Crippen molar-refractivity contribution in [1.82, 2.24) is 5.32 Å². The predicted molar refractivity (Wildman–Crippen MR) is 80.3 cm³/mol. The van der Waals surface area contributed by atoms with Crippen molar-refractivity contribution < 1.29 is 0 Å². The highest BCUT2D eigenvalue weighted by molar-refractivity contribution is 9.10. The zero-order valence-corrected chi connectivity index (χ0v) is 12.6. The molecule has 1 aromatic rings. The molecule has 3 rings (SSSR count). The van der Waals surface area contributed by atoms with Gasteiger partial charge in [-0.2, -0.15) is 0 Å². The Hall–Kier alpha value is -0.540. The minimum absolute atomic E-state index is 0.397. The third-order valence-corrected chi connectivity index (χ3v) is 4.79. The van der Waals surface area contributed by atoms with Crippen molar-refractivity contribution in [3.05, 3.63) is 28.2 Å². The Morgan fingerprint density at radius 1 is 1.22 bits per heavy atom. The molecule has 1 spiro atoms. The Kier molecular flexibility index (Phi) is 3.37. The molecule has 1 heterocycles. The number of benzene rings is 1. The van der Waals surface area contributed by atoms with Crippen molar-refractivity contribution in [2.75, 3.05) is 24.5 Å². The molecule has 3 heteroatoms. The van der Waals surface area contributed by atoms with Gasteiger partial charge >= 0.3 is 0 Å². The lowest BCUT2D eigenvalue weighted by molar-refractivity contribution is 0.304. The zero-order chi connectivity index (χ0) is 12.6. The Morgan fingerprint density at radius 3 is 2.72 bits per heavy atom. The van der Waals surface area contributed by atoms with Gasteiger partial charge in [0.15, 0.2) is 0 Å². The summed E-state index contributed by atoms with van der Waals surface area (Å²) in [5.74, 6) is 0. The van der Waals surface area contributed by atoms with Crippen LogP contribution in [0.2, 0.25) is 0 Å². The van der Waals surface area contributed by atoms with Crippen LogP contribution in [0.25, 0.3) is 0 Å². The minimum Gasteiger partial charge on any atom is -0.368 e. The molecular formula is C15H21BrN2. The van der Waals surface area contributed by atoms with Crippen LogP contribution in [0.15, 0.2) is 22.7 Å². The van der Waals surface area contributed by atoms with Crippen LogP contribution in [0, 0.1) is 6.92 Å². The largest absolute Gasteiger partial charge is 0.368 e. The molecule has 2 fully saturated rings. The summed E-state index contributed by atoms with van der Waals surface area (Å²) in [6.07, 6.45) is 5.46. The monoisotopic (exact) mass is 308 g/mol. The molecule has 0 unspecified atom stereocenters. The van der Waals surface area contributed by atoms with Gasteiger partial charge in [0, 0.05) is 35.3 Å². The summed E-state index contributed by atoms with van der Waals surface area (Å²) in [5, 5.41) is 3.77. The third-order valence-electron chi connectivity index (χ3n) is 4.33. The van der Waals surface area contributed by atoms with E-state index in [0.717, 1.165) is 13.1 Å². The fourth-order valence-corrected chi connectivity index (χ4v) is 4.06. The standard InChI is InChI=1S/C15H21BrN2/c1-12-8-13(16)10-14(9-12)18-7-6-17-15(11-18)4-2-3-5-15/h8-10,17H,2-7,11H2,1H3. The predicted octanol–water partition coefficient (Wildman–Crippen LogP) is 3.48. The summed E-state index contributed by atoms with van der Waals surface area (Å²) in [6.45, 7) is 5.58. The minimum atomic E-state index is 0.397. The second kappa shape index (κ2) is 4.86. The summed E-state index contributed by atoms with van der Waals surface area (Å²) in [6, 6.07) is 6.73. The van der Waals surface area contributed by atoms with Crippen molar-refractivity contribution in [1.29, 1.82) is 0 Å². The van der Waals surface area contributed by atoms with E-state index in [2.05, 4.69) is 51.3 Å². The first-order valence-corrected chi connectivity index (χ1v) is 7.73. The molecule has 1 aromatic carbocycles. The molecule has 0 amide bonds. The average Bonchev–Trinajstić information content (AvgIpc) is 2.76. The zero-order valence-electron chi connectivity index (χ0n) is 11.0. The fourth-order valence-electron chi connectivity index (χ4n) is 3.46. The van der Waals surface area contributed by atoms with Crippen molar-refractivity contribution in [3.8, 4) is 0 Å². The molecule has 1 aliphatic heterocycles. The van der Waals surface area contributed by atoms with Crippen molar-refractivity contribution in [2.24, 2.45) is 0 Å². The molecule has 0 aromatic heterocycles. The van der Waals surface area contributed by atoms with Gasteiger partial charge < -0.3 is 10.2 Å². The summed E-state index contributed by atoms with van der Waals surface area (Å²) < 4.78 is 1.19. The van der Waals surface area contributed by atoms with Crippen LogP contribution in [0.1, 0.15) is 31.2 Å². The fraction of sp³-hybridized carbons (Fsp3) is 0.600. The topological polar surface area (TPSA) is 15.3 Å². The van der Waals surface area contributed by atoms with Crippen LogP contribution in [-0.4, -0.2) is 25.2 Å². The van der Waals surface area contributed by atoms with Crippen LogP contribution >= 0.6 is 15.9 Å². The number of rotatable bonds is 1. The second-order valence-corrected chi connectivity index (χ2v) is 6.74. The average molecular weight is 309 g/mol. The Morgan fingerprint density at radius 2 is 2.00 bits per heavy atom. The van der Waals surface area contributed by atoms with Gasteiger partial charge in [-0.05, 0) is 43.5 Å². The lowest BCUT2D eigenvalue weighted by Crippen LogP contribution is -2.59. The highest BCUT2D eigenvalue weighted by Gasteiger charge is 2.37. The first-order valence-electron chi connectivity index (χ1n) is 6.94. The van der Waals surface area contributed by atoms with E-state index in [1.54, 1.807) is 0 Å². The molecule has 18 heavy (non-hydrogen) atoms. The quantitative estimate of drug-likeness (QED) is 0.854. The third kappa shape index (κ3) is 2.43. The highest BCUT2D eigenvalue weighted by atomic mass is 79.9. The highest BCUT2D eigenvalue weighted by Crippen LogP contribution is 2.34. The van der Waals surface area contributed by atoms with Crippen LogP contribution in [0.3, 0.4) is 0 Å². The Labute approximate surface area is 118 Å². The van der Waals surface area contributed by atoms with Gasteiger partial charge in [-0.25, -0.2) is 0 Å². The molecule has 2 aliphatic rings. The van der Waals surface area contributed by atoms with Gasteiger partial charge in [-0.1, -0.05) is 28.8 Å². The summed E-state index contributed by atoms with van der Waals surface area (Å²) >= 11 is 3.61. The van der Waals surface area contributed by atoms with E-state index >= 15 is 0 Å². The molecule has 0 bridgehead atoms. The van der Waals surface area contributed by atoms with Crippen LogP contribution < -0.4 is 10.2 Å². The SMILES string of the molecule is Cc1cc(Br)cc(N2CCNC3(CCCC3)C2)c1. The van der Waals surface area contributed by atoms with Gasteiger partial charge in [0.1, 0.15) is 0 Å². The van der Waals surface area contributed by atoms with Crippen molar-refractivity contribution in [3.63, 3.8) is 0 Å². The molecule has 98 valence electrons. The number of nitrogens with one attached hydrogen (secondary N) is 1. The van der Waals surface area contributed by atoms with Crippen LogP contribution in [0.4, 0.5) is 5.69 Å². The number of hydrogen-bond acceptors (Lipinski definition) is 2. The van der Waals surface area contributed by atoms with Gasteiger partial charge in [-0.15, -0.1) is 0 Å². The molecular weight excluding hydrogens is 288 g/mol. The molecule has 1 saturated carbocycles. The van der Waals surface area contributed by atoms with Crippen LogP contribution in [-0.2, 0) is 0 Å². The lowest BCUT2D eigenvalue weighted by Gasteiger charge is -2.42. The van der Waals surface area contributed by atoms with Crippen molar-refractivity contribution >= 4 is 21.6 Å². The van der Waals surface area contributed by atoms with E-state index in [0.29, 0.717) is 5.54 Å². The Bertz CT molecular complexity index is 418. The Balaban J connectivity index is 1.83. The van der Waals surface area contributed by atoms with Gasteiger partial charge in [0.25, 0.3) is 0 Å². The first-order chi connectivity index (χ1) is 8.67. The second-order valence-electron chi connectivity index (χ2n) is 5.82. The van der Waals surface area contributed by atoms with Gasteiger partial charge in [0.2, 0.25) is 0 Å². The normalized spacial score (nSPS) is 22.7. The molecule has 1 aliphatic carbocycles. The van der Waals surface area contributed by atoms with E-state index in [1.807, 2.05) is 0 Å². The number of nitrogens with zero attached hydrogens (tertiary/aromatic N) is 1. The maximum atomic E-state index is 3.77. The number of halogens is 1. The maximum absolute atomic E-state index is 3.77. The number of piperazine rings is 1. The number of hydrogen-bond donors (Lipinski definition) is 1. The van der Waals surface area contributed by atoms with Gasteiger partial charge in [0.05, 0.1) is 0 Å². The molecule has 0 atom stereocenters. The van der Waals surface area contributed by atoms with Gasteiger partial charge in [-0.3, -0.25) is 0 Å². The van der Waals surface area contributed by atoms with E-state index in [-0.39, 0.29) is 0 Å². The van der Waals surface area contributed by atoms with E-state index in [9.17, 15) is 0 Å². The first kappa shape index (κ1) is 12.5. The molecule has 2 nitrogen and oxygen atoms in total. The van der Waals surface area contributed by atoms with Crippen LogP contribution in [0.5, 0.6) is 0 Å². The smallest absolute Gasteiger partial charge is 0.0381 e. The van der Waals surface area contributed by atoms with Crippen molar-refractivity contribution in [2.45, 2.75) is 38.1 Å². The van der Waals surface area contributed by atoms with E-state index in [1.165, 1.54) is 48.0 Å². The molecule has 1 saturated heterocycles. The van der Waals surface area contributed by atoms with E-state index < -0.39 is 0 Å². The summed E-state index contributed by atoms with van der Waals surface area (Å²) in [5.41, 5.74) is 3.10. The molecule has 0 radical (unpaired) electrons. The summed E-state index contributed by atoms with van der Waals surface area (Å²) in [7, 11) is 0.